The van der Waals surface area contributed by atoms with Crippen molar-refractivity contribution >= 4 is 11.3 Å². The summed E-state index contributed by atoms with van der Waals surface area (Å²) in [5, 5.41) is 11.0. The normalized spacial score (nSPS) is 29.3. The van der Waals surface area contributed by atoms with Crippen LogP contribution in [0.5, 0.6) is 0 Å². The van der Waals surface area contributed by atoms with E-state index >= 15 is 0 Å². The quantitative estimate of drug-likeness (QED) is 0.860. The molecule has 88 valence electrons. The van der Waals surface area contributed by atoms with Crippen molar-refractivity contribution in [3.63, 3.8) is 0 Å². The number of ether oxygens (including phenoxy) is 1. The molecule has 2 unspecified atom stereocenters. The van der Waals surface area contributed by atoms with Crippen molar-refractivity contribution in [3.8, 4) is 0 Å². The maximum absolute atomic E-state index is 9.85. The van der Waals surface area contributed by atoms with Gasteiger partial charge in [-0.15, -0.1) is 11.3 Å². The smallest absolute Gasteiger partial charge is 0.0971 e. The highest BCUT2D eigenvalue weighted by molar-refractivity contribution is 7.11. The molecule has 0 aromatic carbocycles. The van der Waals surface area contributed by atoms with Crippen LogP contribution in [0.15, 0.2) is 0 Å². The molecule has 16 heavy (non-hydrogen) atoms. The molecule has 1 aliphatic heterocycles. The van der Waals surface area contributed by atoms with E-state index in [1.807, 2.05) is 0 Å². The van der Waals surface area contributed by atoms with Crippen LogP contribution in [0, 0.1) is 0 Å². The molecule has 1 aliphatic carbocycles. The van der Waals surface area contributed by atoms with Gasteiger partial charge in [-0.25, -0.2) is 4.98 Å². The van der Waals surface area contributed by atoms with Gasteiger partial charge in [0.15, 0.2) is 0 Å². The molecule has 3 nitrogen and oxygen atoms in total. The van der Waals surface area contributed by atoms with E-state index in [1.54, 1.807) is 11.3 Å². The Hall–Kier alpha value is -0.450. The second-order valence-corrected chi connectivity index (χ2v) is 5.83. The molecular weight excluding hydrogens is 222 g/mol. The fourth-order valence-electron chi connectivity index (χ4n) is 2.53. The lowest BCUT2D eigenvalue weighted by Crippen LogP contribution is -2.09. The fourth-order valence-corrected chi connectivity index (χ4v) is 3.76. The van der Waals surface area contributed by atoms with E-state index in [1.165, 1.54) is 11.3 Å². The Morgan fingerprint density at radius 2 is 2.31 bits per heavy atom. The van der Waals surface area contributed by atoms with Gasteiger partial charge in [-0.05, 0) is 32.1 Å². The number of aliphatic hydroxyl groups excluding tert-OH is 1. The minimum atomic E-state index is -0.321. The molecule has 0 amide bonds. The number of hydrogen-bond acceptors (Lipinski definition) is 4. The molecular formula is C12H17NO2S. The maximum atomic E-state index is 9.85. The Bertz CT molecular complexity index is 371. The van der Waals surface area contributed by atoms with Crippen molar-refractivity contribution in [1.82, 2.24) is 4.98 Å². The van der Waals surface area contributed by atoms with Crippen molar-refractivity contribution in [2.75, 3.05) is 6.61 Å². The molecule has 1 aromatic heterocycles. The highest BCUT2D eigenvalue weighted by Crippen LogP contribution is 2.34. The Kier molecular flexibility index (Phi) is 2.96. The first-order valence-corrected chi connectivity index (χ1v) is 6.93. The molecule has 3 rings (SSSR count). The van der Waals surface area contributed by atoms with Gasteiger partial charge in [0.2, 0.25) is 0 Å². The molecule has 1 N–H and O–H groups in total. The summed E-state index contributed by atoms with van der Waals surface area (Å²) >= 11 is 1.77. The standard InChI is InChI=1S/C12H17NO2S/c14-9-4-1-5-10-12(9)13-11(16-10)7-8-3-2-6-15-8/h8-9,14H,1-7H2. The number of aryl methyl sites for hydroxylation is 1. The van der Waals surface area contributed by atoms with Gasteiger partial charge in [0.05, 0.1) is 22.9 Å². The summed E-state index contributed by atoms with van der Waals surface area (Å²) in [6, 6.07) is 0. The zero-order valence-corrected chi connectivity index (χ0v) is 10.1. The largest absolute Gasteiger partial charge is 0.387 e. The summed E-state index contributed by atoms with van der Waals surface area (Å²) in [5.74, 6) is 0. The molecule has 2 heterocycles. The first-order chi connectivity index (χ1) is 7.83. The lowest BCUT2D eigenvalue weighted by Gasteiger charge is -2.14. The summed E-state index contributed by atoms with van der Waals surface area (Å²) in [5.41, 5.74) is 0.948. The highest BCUT2D eigenvalue weighted by atomic mass is 32.1. The number of aliphatic hydroxyl groups is 1. The third kappa shape index (κ3) is 2.01. The van der Waals surface area contributed by atoms with Crippen LogP contribution in [0.25, 0.3) is 0 Å². The van der Waals surface area contributed by atoms with Crippen LogP contribution in [0.1, 0.15) is 47.4 Å². The molecule has 2 atom stereocenters. The third-order valence-corrected chi connectivity index (χ3v) is 4.55. The second-order valence-electron chi connectivity index (χ2n) is 4.66. The van der Waals surface area contributed by atoms with Gasteiger partial charge in [-0.3, -0.25) is 0 Å². The number of aromatic nitrogens is 1. The molecule has 1 fully saturated rings. The van der Waals surface area contributed by atoms with Crippen molar-refractivity contribution in [3.05, 3.63) is 15.6 Å². The van der Waals surface area contributed by atoms with Crippen molar-refractivity contribution < 1.29 is 9.84 Å². The monoisotopic (exact) mass is 239 g/mol. The van der Waals surface area contributed by atoms with E-state index < -0.39 is 0 Å². The van der Waals surface area contributed by atoms with Gasteiger partial charge in [-0.2, -0.15) is 0 Å². The van der Waals surface area contributed by atoms with Gasteiger partial charge in [-0.1, -0.05) is 0 Å². The Morgan fingerprint density at radius 3 is 3.06 bits per heavy atom. The minimum Gasteiger partial charge on any atom is -0.387 e. The van der Waals surface area contributed by atoms with Gasteiger partial charge >= 0.3 is 0 Å². The third-order valence-electron chi connectivity index (χ3n) is 3.40. The predicted octanol–water partition coefficient (Wildman–Crippen LogP) is 2.23. The number of thiazole rings is 1. The summed E-state index contributed by atoms with van der Waals surface area (Å²) in [7, 11) is 0. The minimum absolute atomic E-state index is 0.321. The Labute approximate surface area is 99.5 Å². The number of nitrogens with zero attached hydrogens (tertiary/aromatic N) is 1. The van der Waals surface area contributed by atoms with Gasteiger partial charge in [0, 0.05) is 17.9 Å². The number of rotatable bonds is 2. The molecule has 0 saturated carbocycles. The van der Waals surface area contributed by atoms with E-state index in [0.29, 0.717) is 6.10 Å². The number of hydrogen-bond donors (Lipinski definition) is 1. The summed E-state index contributed by atoms with van der Waals surface area (Å²) < 4.78 is 5.62. The zero-order valence-electron chi connectivity index (χ0n) is 9.32. The SMILES string of the molecule is OC1CCCc2sc(CC3CCCO3)nc21. The summed E-state index contributed by atoms with van der Waals surface area (Å²) in [6.45, 7) is 0.901. The van der Waals surface area contributed by atoms with Crippen molar-refractivity contribution in [1.29, 1.82) is 0 Å². The van der Waals surface area contributed by atoms with E-state index in [-0.39, 0.29) is 6.10 Å². The molecule has 1 saturated heterocycles. The average Bonchev–Trinajstić information content (AvgIpc) is 2.88. The van der Waals surface area contributed by atoms with Crippen LogP contribution >= 0.6 is 11.3 Å². The van der Waals surface area contributed by atoms with Crippen LogP contribution in [-0.2, 0) is 17.6 Å². The van der Waals surface area contributed by atoms with Gasteiger partial charge in [0.1, 0.15) is 0 Å². The summed E-state index contributed by atoms with van der Waals surface area (Å²) in [4.78, 5) is 5.88. The van der Waals surface area contributed by atoms with E-state index in [2.05, 4.69) is 4.98 Å². The lowest BCUT2D eigenvalue weighted by molar-refractivity contribution is 0.111. The molecule has 0 radical (unpaired) electrons. The summed E-state index contributed by atoms with van der Waals surface area (Å²) in [6.07, 6.45) is 6.37. The van der Waals surface area contributed by atoms with Crippen LogP contribution in [0.2, 0.25) is 0 Å². The lowest BCUT2D eigenvalue weighted by atomic mass is 10.0. The van der Waals surface area contributed by atoms with Crippen molar-refractivity contribution in [2.24, 2.45) is 0 Å². The van der Waals surface area contributed by atoms with E-state index in [4.69, 9.17) is 4.74 Å². The van der Waals surface area contributed by atoms with Crippen LogP contribution in [0.3, 0.4) is 0 Å². The molecule has 1 aromatic rings. The van der Waals surface area contributed by atoms with Gasteiger partial charge < -0.3 is 9.84 Å². The molecule has 0 bridgehead atoms. The second kappa shape index (κ2) is 4.43. The number of fused-ring (bicyclic) bond motifs is 1. The molecule has 4 heteroatoms. The Morgan fingerprint density at radius 1 is 1.38 bits per heavy atom. The van der Waals surface area contributed by atoms with Crippen LogP contribution in [-0.4, -0.2) is 22.8 Å². The van der Waals surface area contributed by atoms with Crippen molar-refractivity contribution in [2.45, 2.75) is 50.7 Å². The van der Waals surface area contributed by atoms with Crippen LogP contribution < -0.4 is 0 Å². The van der Waals surface area contributed by atoms with Crippen LogP contribution in [0.4, 0.5) is 0 Å². The van der Waals surface area contributed by atoms with E-state index in [0.717, 1.165) is 49.4 Å². The first-order valence-electron chi connectivity index (χ1n) is 6.11. The first kappa shape index (κ1) is 10.7. The average molecular weight is 239 g/mol. The fraction of sp³-hybridized carbons (Fsp3) is 0.750. The Balaban J connectivity index is 1.75. The van der Waals surface area contributed by atoms with Gasteiger partial charge in [0.25, 0.3) is 0 Å². The predicted molar refractivity (Wildman–Crippen MR) is 62.7 cm³/mol. The molecule has 2 aliphatic rings. The topological polar surface area (TPSA) is 42.4 Å². The highest BCUT2D eigenvalue weighted by Gasteiger charge is 2.24. The van der Waals surface area contributed by atoms with E-state index in [9.17, 15) is 5.11 Å². The molecule has 0 spiro atoms. The zero-order chi connectivity index (χ0) is 11.0. The maximum Gasteiger partial charge on any atom is 0.0971 e.